The molecular formula is C19H24N4O3. The number of ether oxygens (including phenoxy) is 2. The topological polar surface area (TPSA) is 78.3 Å². The number of hydrogen-bond acceptors (Lipinski definition) is 6. The van der Waals surface area contributed by atoms with Crippen molar-refractivity contribution in [2.75, 3.05) is 18.5 Å². The van der Waals surface area contributed by atoms with E-state index in [-0.39, 0.29) is 24.7 Å². The number of fused-ring (bicyclic) bond motifs is 1. The second-order valence-electron chi connectivity index (χ2n) is 6.56. The molecule has 1 atom stereocenters. The van der Waals surface area contributed by atoms with E-state index in [0.717, 1.165) is 11.1 Å². The highest BCUT2D eigenvalue weighted by Gasteiger charge is 2.34. The van der Waals surface area contributed by atoms with Gasteiger partial charge in [0.15, 0.2) is 0 Å². The lowest BCUT2D eigenvalue weighted by Crippen LogP contribution is -2.30. The van der Waals surface area contributed by atoms with Gasteiger partial charge in [-0.25, -0.2) is 9.48 Å². The summed E-state index contributed by atoms with van der Waals surface area (Å²) in [5, 5.41) is 7.43. The molecule has 0 bridgehead atoms. The summed E-state index contributed by atoms with van der Waals surface area (Å²) in [5.41, 5.74) is 3.34. The molecular weight excluding hydrogens is 332 g/mol. The van der Waals surface area contributed by atoms with Crippen molar-refractivity contribution >= 4 is 11.9 Å². The average Bonchev–Trinajstić information content (AvgIpc) is 3.06. The Morgan fingerprint density at radius 2 is 1.96 bits per heavy atom. The van der Waals surface area contributed by atoms with Crippen molar-refractivity contribution in [1.29, 1.82) is 0 Å². The van der Waals surface area contributed by atoms with E-state index in [1.807, 2.05) is 52.0 Å². The maximum absolute atomic E-state index is 12.8. The zero-order chi connectivity index (χ0) is 18.7. The Morgan fingerprint density at radius 1 is 1.23 bits per heavy atom. The molecule has 2 heterocycles. The van der Waals surface area contributed by atoms with E-state index >= 15 is 0 Å². The number of carbonyl (C=O) groups excluding carboxylic acids is 1. The van der Waals surface area contributed by atoms with Gasteiger partial charge in [0.05, 0.1) is 18.3 Å². The second-order valence-corrected chi connectivity index (χ2v) is 6.56. The number of nitrogens with zero attached hydrogens (tertiary/aromatic N) is 3. The first-order chi connectivity index (χ1) is 12.5. The number of nitrogens with one attached hydrogen (secondary N) is 1. The van der Waals surface area contributed by atoms with Crippen LogP contribution in [0.1, 0.15) is 37.9 Å². The zero-order valence-electron chi connectivity index (χ0n) is 15.5. The first-order valence-electron chi connectivity index (χ1n) is 8.70. The summed E-state index contributed by atoms with van der Waals surface area (Å²) in [6.07, 6.45) is 1.57. The first kappa shape index (κ1) is 18.1. The predicted molar refractivity (Wildman–Crippen MR) is 97.7 cm³/mol. The van der Waals surface area contributed by atoms with Crippen LogP contribution < -0.4 is 5.32 Å². The SMILES string of the molecule is CC1=C(C(=O)OCCOC(C)C)[C@H](c2ccc(C)cc2)n2ncnc2N1. The third-order valence-corrected chi connectivity index (χ3v) is 4.18. The number of allylic oxidation sites excluding steroid dienone is 1. The molecule has 3 rings (SSSR count). The highest BCUT2D eigenvalue weighted by molar-refractivity contribution is 5.92. The van der Waals surface area contributed by atoms with Crippen LogP contribution in [0.4, 0.5) is 5.95 Å². The Hall–Kier alpha value is -2.67. The van der Waals surface area contributed by atoms with Crippen LogP contribution in [0.5, 0.6) is 0 Å². The van der Waals surface area contributed by atoms with Crippen molar-refractivity contribution in [1.82, 2.24) is 14.8 Å². The molecule has 138 valence electrons. The van der Waals surface area contributed by atoms with Crippen LogP contribution >= 0.6 is 0 Å². The van der Waals surface area contributed by atoms with Crippen molar-refractivity contribution in [3.8, 4) is 0 Å². The molecule has 26 heavy (non-hydrogen) atoms. The fourth-order valence-corrected chi connectivity index (χ4v) is 2.91. The van der Waals surface area contributed by atoms with Gasteiger partial charge in [-0.1, -0.05) is 29.8 Å². The summed E-state index contributed by atoms with van der Waals surface area (Å²) in [6.45, 7) is 8.34. The number of rotatable bonds is 6. The van der Waals surface area contributed by atoms with Gasteiger partial charge in [-0.3, -0.25) is 0 Å². The van der Waals surface area contributed by atoms with Gasteiger partial charge in [0.25, 0.3) is 0 Å². The molecule has 0 spiro atoms. The number of benzene rings is 1. The Balaban J connectivity index is 1.88. The Kier molecular flexibility index (Phi) is 5.37. The first-order valence-corrected chi connectivity index (χ1v) is 8.70. The van der Waals surface area contributed by atoms with Gasteiger partial charge in [-0.2, -0.15) is 10.1 Å². The van der Waals surface area contributed by atoms with Gasteiger partial charge in [0.1, 0.15) is 19.0 Å². The molecule has 2 aromatic rings. The number of hydrogen-bond donors (Lipinski definition) is 1. The van der Waals surface area contributed by atoms with Crippen LogP contribution in [-0.4, -0.2) is 40.1 Å². The minimum Gasteiger partial charge on any atom is -0.460 e. The van der Waals surface area contributed by atoms with Gasteiger partial charge in [0, 0.05) is 5.70 Å². The maximum atomic E-state index is 12.8. The molecule has 0 amide bonds. The molecule has 0 saturated carbocycles. The zero-order valence-corrected chi connectivity index (χ0v) is 15.5. The van der Waals surface area contributed by atoms with E-state index in [1.165, 1.54) is 6.33 Å². The Bertz CT molecular complexity index is 808. The van der Waals surface area contributed by atoms with Gasteiger partial charge in [-0.15, -0.1) is 0 Å². The van der Waals surface area contributed by atoms with Crippen LogP contribution in [0, 0.1) is 6.92 Å². The van der Waals surface area contributed by atoms with Crippen molar-refractivity contribution in [3.63, 3.8) is 0 Å². The lowest BCUT2D eigenvalue weighted by atomic mass is 9.95. The molecule has 0 radical (unpaired) electrons. The number of aryl methyl sites for hydroxylation is 1. The predicted octanol–water partition coefficient (Wildman–Crippen LogP) is 2.84. The van der Waals surface area contributed by atoms with E-state index in [4.69, 9.17) is 9.47 Å². The second kappa shape index (κ2) is 7.70. The number of carbonyl (C=O) groups is 1. The fraction of sp³-hybridized carbons (Fsp3) is 0.421. The summed E-state index contributed by atoms with van der Waals surface area (Å²) in [4.78, 5) is 17.0. The molecule has 0 aliphatic carbocycles. The largest absolute Gasteiger partial charge is 0.460 e. The molecule has 1 N–H and O–H groups in total. The van der Waals surface area contributed by atoms with Crippen molar-refractivity contribution < 1.29 is 14.3 Å². The van der Waals surface area contributed by atoms with Crippen molar-refractivity contribution in [2.45, 2.75) is 39.8 Å². The van der Waals surface area contributed by atoms with Gasteiger partial charge in [0.2, 0.25) is 5.95 Å². The Morgan fingerprint density at radius 3 is 2.65 bits per heavy atom. The van der Waals surface area contributed by atoms with Crippen molar-refractivity contribution in [3.05, 3.63) is 53.0 Å². The molecule has 1 aliphatic heterocycles. The molecule has 7 heteroatoms. The smallest absolute Gasteiger partial charge is 0.338 e. The molecule has 0 fully saturated rings. The summed E-state index contributed by atoms with van der Waals surface area (Å²) < 4.78 is 12.6. The third kappa shape index (κ3) is 3.77. The number of esters is 1. The maximum Gasteiger partial charge on any atom is 0.338 e. The third-order valence-electron chi connectivity index (χ3n) is 4.18. The minimum atomic E-state index is -0.382. The van der Waals surface area contributed by atoms with Gasteiger partial charge in [-0.05, 0) is 33.3 Å². The number of anilines is 1. The molecule has 1 aliphatic rings. The lowest BCUT2D eigenvalue weighted by Gasteiger charge is -2.28. The molecule has 7 nitrogen and oxygen atoms in total. The highest BCUT2D eigenvalue weighted by atomic mass is 16.6. The molecule has 1 aromatic carbocycles. The number of aromatic nitrogens is 3. The molecule has 0 unspecified atom stereocenters. The lowest BCUT2D eigenvalue weighted by molar-refractivity contribution is -0.141. The average molecular weight is 356 g/mol. The minimum absolute atomic E-state index is 0.101. The quantitative estimate of drug-likeness (QED) is 0.633. The van der Waals surface area contributed by atoms with E-state index in [0.29, 0.717) is 23.8 Å². The van der Waals surface area contributed by atoms with Gasteiger partial charge >= 0.3 is 5.97 Å². The molecule has 0 saturated heterocycles. The van der Waals surface area contributed by atoms with E-state index in [2.05, 4.69) is 15.4 Å². The van der Waals surface area contributed by atoms with Crippen LogP contribution in [0.2, 0.25) is 0 Å². The monoisotopic (exact) mass is 356 g/mol. The van der Waals surface area contributed by atoms with E-state index in [9.17, 15) is 4.79 Å². The summed E-state index contributed by atoms with van der Waals surface area (Å²) in [6, 6.07) is 7.65. The summed E-state index contributed by atoms with van der Waals surface area (Å²) >= 11 is 0. The molecule has 1 aromatic heterocycles. The highest BCUT2D eigenvalue weighted by Crippen LogP contribution is 2.35. The standard InChI is InChI=1S/C19H24N4O3/c1-12(2)25-9-10-26-18(24)16-14(4)22-19-20-11-21-23(19)17(16)15-7-5-13(3)6-8-15/h5-8,11-12,17H,9-10H2,1-4H3,(H,20,21,22)/t17-/m0/s1. The van der Waals surface area contributed by atoms with E-state index < -0.39 is 0 Å². The van der Waals surface area contributed by atoms with Gasteiger partial charge < -0.3 is 14.8 Å². The normalized spacial score (nSPS) is 16.4. The van der Waals surface area contributed by atoms with E-state index in [1.54, 1.807) is 4.68 Å². The summed E-state index contributed by atoms with van der Waals surface area (Å²) in [5.74, 6) is 0.224. The fourth-order valence-electron chi connectivity index (χ4n) is 2.91. The summed E-state index contributed by atoms with van der Waals surface area (Å²) in [7, 11) is 0. The van der Waals surface area contributed by atoms with Crippen LogP contribution in [-0.2, 0) is 14.3 Å². The van der Waals surface area contributed by atoms with Crippen molar-refractivity contribution in [2.24, 2.45) is 0 Å². The van der Waals surface area contributed by atoms with Crippen LogP contribution in [0.15, 0.2) is 41.9 Å². The Labute approximate surface area is 153 Å². The van der Waals surface area contributed by atoms with Crippen LogP contribution in [0.25, 0.3) is 0 Å². The van der Waals surface area contributed by atoms with Crippen LogP contribution in [0.3, 0.4) is 0 Å².